The number of ketones is 2. The maximum absolute atomic E-state index is 13.6. The van der Waals surface area contributed by atoms with Crippen LogP contribution in [-0.2, 0) is 14.4 Å². The first kappa shape index (κ1) is 26.4. The number of fused-ring (bicyclic) bond motifs is 1. The highest BCUT2D eigenvalue weighted by molar-refractivity contribution is 8.01. The van der Waals surface area contributed by atoms with Gasteiger partial charge in [-0.05, 0) is 37.1 Å². The smallest absolute Gasteiger partial charge is 0.414 e. The number of rotatable bonds is 4. The zero-order chi connectivity index (χ0) is 26.6. The summed E-state index contributed by atoms with van der Waals surface area (Å²) in [5.74, 6) is -3.88. The molecule has 1 saturated heterocycles. The van der Waals surface area contributed by atoms with Gasteiger partial charge in [-0.2, -0.15) is 0 Å². The molecular formula is C24H24N4O7S. The van der Waals surface area contributed by atoms with Crippen molar-refractivity contribution in [3.8, 4) is 0 Å². The summed E-state index contributed by atoms with van der Waals surface area (Å²) in [6, 6.07) is 10.2. The Kier molecular flexibility index (Phi) is 8.10. The first-order chi connectivity index (χ1) is 17.0. The van der Waals surface area contributed by atoms with Crippen molar-refractivity contribution in [2.75, 3.05) is 24.2 Å². The van der Waals surface area contributed by atoms with Crippen molar-refractivity contribution in [2.24, 2.45) is 5.92 Å². The molecular weight excluding hydrogens is 488 g/mol. The molecule has 3 heterocycles. The molecule has 2 aromatic heterocycles. The van der Waals surface area contributed by atoms with Gasteiger partial charge in [0.15, 0.2) is 11.6 Å². The second-order valence-corrected chi connectivity index (χ2v) is 9.06. The normalized spacial score (nSPS) is 16.7. The van der Waals surface area contributed by atoms with Crippen LogP contribution in [0.15, 0.2) is 55.0 Å². The van der Waals surface area contributed by atoms with Crippen LogP contribution in [0.2, 0.25) is 0 Å². The highest BCUT2D eigenvalue weighted by Crippen LogP contribution is 2.39. The molecule has 1 aromatic carbocycles. The van der Waals surface area contributed by atoms with E-state index in [0.717, 1.165) is 5.69 Å². The number of aromatic nitrogens is 2. The van der Waals surface area contributed by atoms with Gasteiger partial charge < -0.3 is 19.4 Å². The van der Waals surface area contributed by atoms with Crippen molar-refractivity contribution in [2.45, 2.75) is 13.0 Å². The van der Waals surface area contributed by atoms with Crippen LogP contribution in [0, 0.1) is 5.92 Å². The second kappa shape index (κ2) is 11.0. The fraction of sp³-hybridized carbons (Fsp3) is 0.250. The van der Waals surface area contributed by atoms with Crippen LogP contribution >= 0.6 is 11.9 Å². The quantitative estimate of drug-likeness (QED) is 0.303. The molecule has 2 unspecified atom stereocenters. The molecule has 0 radical (unpaired) electrons. The predicted octanol–water partition coefficient (Wildman–Crippen LogP) is 2.65. The van der Waals surface area contributed by atoms with E-state index in [-0.39, 0.29) is 17.6 Å². The minimum absolute atomic E-state index is 0.0738. The number of aliphatic carboxylic acids is 2. The largest absolute Gasteiger partial charge is 0.473 e. The number of anilines is 1. The van der Waals surface area contributed by atoms with Gasteiger partial charge in [-0.3, -0.25) is 19.1 Å². The Hall–Kier alpha value is -4.19. The molecule has 1 aliphatic heterocycles. The summed E-state index contributed by atoms with van der Waals surface area (Å²) >= 11 is 1.46. The number of carbonyl (C=O) groups excluding carboxylic acids is 3. The number of carboxylic acid groups (broad SMARTS) is 2. The molecule has 2 N–H and O–H groups in total. The van der Waals surface area contributed by atoms with Gasteiger partial charge in [0.25, 0.3) is 0 Å². The van der Waals surface area contributed by atoms with E-state index in [4.69, 9.17) is 19.8 Å². The Labute approximate surface area is 210 Å². The van der Waals surface area contributed by atoms with Gasteiger partial charge in [0, 0.05) is 43.2 Å². The number of hydrogen-bond acceptors (Lipinski definition) is 8. The minimum atomic E-state index is -1.82. The molecule has 1 aliphatic rings. The van der Waals surface area contributed by atoms with Gasteiger partial charge in [0.2, 0.25) is 0 Å². The highest BCUT2D eigenvalue weighted by atomic mass is 32.2. The number of hydrogen-bond donors (Lipinski definition) is 2. The van der Waals surface area contributed by atoms with E-state index >= 15 is 0 Å². The maximum Gasteiger partial charge on any atom is 0.414 e. The van der Waals surface area contributed by atoms with Gasteiger partial charge in [-0.1, -0.05) is 18.2 Å². The van der Waals surface area contributed by atoms with Crippen LogP contribution in [0.5, 0.6) is 0 Å². The molecule has 12 heteroatoms. The first-order valence-corrected chi connectivity index (χ1v) is 11.6. The lowest BCUT2D eigenvalue weighted by Crippen LogP contribution is -2.40. The average Bonchev–Trinajstić information content (AvgIpc) is 3.47. The van der Waals surface area contributed by atoms with Crippen LogP contribution in [-0.4, -0.2) is 80.1 Å². The predicted molar refractivity (Wildman–Crippen MR) is 133 cm³/mol. The minimum Gasteiger partial charge on any atom is -0.473 e. The van der Waals surface area contributed by atoms with Crippen molar-refractivity contribution in [1.29, 1.82) is 0 Å². The van der Waals surface area contributed by atoms with Gasteiger partial charge in [-0.15, -0.1) is 0 Å². The van der Waals surface area contributed by atoms with Crippen molar-refractivity contribution in [1.82, 2.24) is 14.5 Å². The van der Waals surface area contributed by atoms with E-state index in [1.807, 2.05) is 40.7 Å². The molecule has 3 aromatic rings. The van der Waals surface area contributed by atoms with Gasteiger partial charge in [0.1, 0.15) is 6.04 Å². The molecule has 0 bridgehead atoms. The van der Waals surface area contributed by atoms with E-state index in [2.05, 4.69) is 4.98 Å². The lowest BCUT2D eigenvalue weighted by Gasteiger charge is -2.25. The fourth-order valence-corrected chi connectivity index (χ4v) is 5.20. The molecule has 1 fully saturated rings. The summed E-state index contributed by atoms with van der Waals surface area (Å²) < 4.78 is 3.37. The van der Waals surface area contributed by atoms with E-state index in [1.54, 1.807) is 32.7 Å². The molecule has 36 heavy (non-hydrogen) atoms. The summed E-state index contributed by atoms with van der Waals surface area (Å²) in [4.78, 5) is 62.6. The van der Waals surface area contributed by atoms with E-state index in [0.29, 0.717) is 22.2 Å². The molecule has 188 valence electrons. The zero-order valence-electron chi connectivity index (χ0n) is 19.7. The van der Waals surface area contributed by atoms with Gasteiger partial charge >= 0.3 is 18.0 Å². The topological polar surface area (TPSA) is 150 Å². The van der Waals surface area contributed by atoms with Crippen LogP contribution in [0.3, 0.4) is 0 Å². The van der Waals surface area contributed by atoms with Crippen LogP contribution in [0.1, 0.15) is 17.3 Å². The number of carboxylic acids is 2. The van der Waals surface area contributed by atoms with Crippen LogP contribution in [0.25, 0.3) is 10.9 Å². The first-order valence-electron chi connectivity index (χ1n) is 10.7. The Morgan fingerprint density at radius 1 is 1.03 bits per heavy atom. The Bertz CT molecular complexity index is 1310. The summed E-state index contributed by atoms with van der Waals surface area (Å²) in [6.07, 6.45) is 4.97. The summed E-state index contributed by atoms with van der Waals surface area (Å²) in [5, 5.41) is 15.5. The number of amides is 1. The number of Topliss-reactive ketones (excluding diaryl/α,β-unsaturated/α-hetero) is 2. The van der Waals surface area contributed by atoms with Gasteiger partial charge in [-0.25, -0.2) is 14.4 Å². The molecule has 0 aliphatic carbocycles. The number of para-hydroxylation sites is 1. The van der Waals surface area contributed by atoms with Crippen molar-refractivity contribution >= 4 is 58.1 Å². The van der Waals surface area contributed by atoms with Crippen molar-refractivity contribution < 1.29 is 34.2 Å². The summed E-state index contributed by atoms with van der Waals surface area (Å²) in [5.41, 5.74) is 1.93. The van der Waals surface area contributed by atoms with E-state index in [1.165, 1.54) is 28.3 Å². The fourth-order valence-electron chi connectivity index (χ4n) is 3.83. The highest BCUT2D eigenvalue weighted by Gasteiger charge is 2.43. The van der Waals surface area contributed by atoms with Crippen LogP contribution < -0.4 is 4.31 Å². The number of pyridine rings is 1. The number of carbonyl (C=O) groups is 5. The van der Waals surface area contributed by atoms with Gasteiger partial charge in [0.05, 0.1) is 23.3 Å². The molecule has 1 amide bonds. The second-order valence-electron chi connectivity index (χ2n) is 8.08. The lowest BCUT2D eigenvalue weighted by molar-refractivity contribution is -0.159. The standard InChI is InChI=1S/C22H22N4O3S.C2H2O4/c1-14(27)20-18(13-30-26(20)15-7-6-10-23-11-15)21(28)17-12-25(22(29)24(2)3)19-9-5-4-8-16(17)19;3-1(4)2(5)6/h4-12,18,20H,13H2,1-3H3;(H,3,4)(H,5,6). The van der Waals surface area contributed by atoms with E-state index in [9.17, 15) is 14.4 Å². The molecule has 2 atom stereocenters. The third-order valence-corrected chi connectivity index (χ3v) is 6.65. The maximum atomic E-state index is 13.6. The van der Waals surface area contributed by atoms with Crippen molar-refractivity contribution in [3.05, 3.63) is 60.6 Å². The molecule has 0 saturated carbocycles. The lowest BCUT2D eigenvalue weighted by atomic mass is 9.90. The number of benzene rings is 1. The Morgan fingerprint density at radius 3 is 2.25 bits per heavy atom. The van der Waals surface area contributed by atoms with Crippen molar-refractivity contribution in [3.63, 3.8) is 0 Å². The monoisotopic (exact) mass is 512 g/mol. The summed E-state index contributed by atoms with van der Waals surface area (Å²) in [6.45, 7) is 1.51. The van der Waals surface area contributed by atoms with E-state index < -0.39 is 23.9 Å². The molecule has 0 spiro atoms. The Balaban J connectivity index is 0.000000538. The van der Waals surface area contributed by atoms with Crippen LogP contribution in [0.4, 0.5) is 10.5 Å². The summed E-state index contributed by atoms with van der Waals surface area (Å²) in [7, 11) is 3.34. The third-order valence-electron chi connectivity index (χ3n) is 5.43. The molecule has 4 rings (SSSR count). The third kappa shape index (κ3) is 5.38. The number of nitrogens with zero attached hydrogens (tertiary/aromatic N) is 4. The average molecular weight is 513 g/mol. The Morgan fingerprint density at radius 2 is 1.69 bits per heavy atom. The zero-order valence-corrected chi connectivity index (χ0v) is 20.5. The molecule has 11 nitrogen and oxygen atoms in total. The SMILES string of the molecule is CC(=O)C1C(C(=O)c2cn(C(=O)N(C)C)c3ccccc23)CSN1c1cccnc1.O=C(O)C(=O)O.